The average Bonchev–Trinajstić information content (AvgIpc) is 2.93. The van der Waals surface area contributed by atoms with Crippen LogP contribution in [0.5, 0.6) is 0 Å². The first-order valence-corrected chi connectivity index (χ1v) is 8.31. The van der Waals surface area contributed by atoms with E-state index in [2.05, 4.69) is 10.2 Å². The molecular weight excluding hydrogens is 307 g/mol. The number of hydrogen-bond donors (Lipinski definition) is 2. The number of rotatable bonds is 2. The van der Waals surface area contributed by atoms with Crippen LogP contribution in [0.25, 0.3) is 0 Å². The second-order valence-electron chi connectivity index (χ2n) is 7.90. The summed E-state index contributed by atoms with van der Waals surface area (Å²) < 4.78 is 0. The number of aliphatic hydroxyl groups excluding tert-OH is 1. The topological polar surface area (TPSA) is 35.5 Å². The Bertz CT molecular complexity index is 354. The highest BCUT2D eigenvalue weighted by Gasteiger charge is 2.54. The minimum Gasteiger partial charge on any atom is -0.396 e. The van der Waals surface area contributed by atoms with Crippen LogP contribution in [0.15, 0.2) is 0 Å². The molecule has 4 rings (SSSR count). The van der Waals surface area contributed by atoms with E-state index in [1.54, 1.807) is 0 Å². The Hall–Kier alpha value is 0.460. The molecule has 0 aromatic carbocycles. The third kappa shape index (κ3) is 2.85. The van der Waals surface area contributed by atoms with E-state index in [4.69, 9.17) is 0 Å². The summed E-state index contributed by atoms with van der Waals surface area (Å²) in [6, 6.07) is 0.840. The van der Waals surface area contributed by atoms with Crippen molar-refractivity contribution in [2.45, 2.75) is 51.0 Å². The molecule has 0 radical (unpaired) electrons. The maximum absolute atomic E-state index is 9.79. The van der Waals surface area contributed by atoms with Gasteiger partial charge in [0.05, 0.1) is 6.61 Å². The third-order valence-corrected chi connectivity index (χ3v) is 6.79. The number of halogens is 2. The minimum atomic E-state index is 0. The van der Waals surface area contributed by atoms with E-state index in [0.29, 0.717) is 12.5 Å². The Morgan fingerprint density at radius 1 is 1.10 bits per heavy atom. The second-order valence-corrected chi connectivity index (χ2v) is 7.90. The number of hydrogen-bond acceptors (Lipinski definition) is 3. The summed E-state index contributed by atoms with van der Waals surface area (Å²) in [6.07, 6.45) is 10.3. The second kappa shape index (κ2) is 6.52. The van der Waals surface area contributed by atoms with Gasteiger partial charge in [0.2, 0.25) is 0 Å². The lowest BCUT2D eigenvalue weighted by Gasteiger charge is -2.53. The molecule has 2 aliphatic carbocycles. The van der Waals surface area contributed by atoms with Crippen LogP contribution in [0.2, 0.25) is 0 Å². The van der Waals surface area contributed by atoms with E-state index in [1.165, 1.54) is 51.5 Å². The van der Waals surface area contributed by atoms with Gasteiger partial charge in [0, 0.05) is 31.1 Å². The molecule has 3 nitrogen and oxygen atoms in total. The van der Waals surface area contributed by atoms with Gasteiger partial charge in [-0.15, -0.1) is 24.8 Å². The zero-order valence-corrected chi connectivity index (χ0v) is 14.5. The standard InChI is InChI=1S/C16H28N2O.2ClH/c19-12-16-10-17-8-13(16)9-18(11-16)14-6-15(7-14)4-2-1-3-5-15;;/h13-14,17,19H,1-12H2;2*1H. The van der Waals surface area contributed by atoms with E-state index in [-0.39, 0.29) is 30.2 Å². The zero-order valence-electron chi connectivity index (χ0n) is 12.9. The van der Waals surface area contributed by atoms with Crippen molar-refractivity contribution in [1.29, 1.82) is 0 Å². The third-order valence-electron chi connectivity index (χ3n) is 6.79. The zero-order chi connectivity index (χ0) is 12.9. The highest BCUT2D eigenvalue weighted by atomic mass is 35.5. The van der Waals surface area contributed by atoms with Gasteiger partial charge in [-0.2, -0.15) is 0 Å². The van der Waals surface area contributed by atoms with Crippen LogP contribution in [-0.4, -0.2) is 48.8 Å². The molecule has 0 aromatic heterocycles. The Morgan fingerprint density at radius 3 is 2.43 bits per heavy atom. The van der Waals surface area contributed by atoms with Crippen LogP contribution in [-0.2, 0) is 0 Å². The van der Waals surface area contributed by atoms with Gasteiger partial charge in [-0.25, -0.2) is 0 Å². The van der Waals surface area contributed by atoms with Gasteiger partial charge in [0.1, 0.15) is 0 Å². The highest BCUT2D eigenvalue weighted by molar-refractivity contribution is 5.85. The van der Waals surface area contributed by atoms with Crippen molar-refractivity contribution < 1.29 is 5.11 Å². The van der Waals surface area contributed by atoms with Crippen LogP contribution < -0.4 is 5.32 Å². The van der Waals surface area contributed by atoms with Crippen molar-refractivity contribution in [2.75, 3.05) is 32.8 Å². The van der Waals surface area contributed by atoms with E-state index in [9.17, 15) is 5.11 Å². The molecular formula is C16H30Cl2N2O. The van der Waals surface area contributed by atoms with Gasteiger partial charge in [-0.3, -0.25) is 4.90 Å². The van der Waals surface area contributed by atoms with Crippen molar-refractivity contribution in [1.82, 2.24) is 10.2 Å². The predicted molar refractivity (Wildman–Crippen MR) is 90.5 cm³/mol. The van der Waals surface area contributed by atoms with Gasteiger partial charge in [0.15, 0.2) is 0 Å². The van der Waals surface area contributed by atoms with Crippen LogP contribution >= 0.6 is 24.8 Å². The smallest absolute Gasteiger partial charge is 0.0515 e. The molecule has 2 atom stereocenters. The molecule has 124 valence electrons. The summed E-state index contributed by atoms with van der Waals surface area (Å²) in [4.78, 5) is 2.72. The molecule has 0 aromatic rings. The van der Waals surface area contributed by atoms with E-state index in [0.717, 1.165) is 31.1 Å². The fourth-order valence-electron chi connectivity index (χ4n) is 5.47. The van der Waals surface area contributed by atoms with Crippen LogP contribution in [0, 0.1) is 16.7 Å². The summed E-state index contributed by atoms with van der Waals surface area (Å²) in [5, 5.41) is 13.3. The number of fused-ring (bicyclic) bond motifs is 1. The number of aliphatic hydroxyl groups is 1. The average molecular weight is 337 g/mol. The van der Waals surface area contributed by atoms with Gasteiger partial charge < -0.3 is 10.4 Å². The summed E-state index contributed by atoms with van der Waals surface area (Å²) in [5.74, 6) is 0.695. The maximum Gasteiger partial charge on any atom is 0.0515 e. The van der Waals surface area contributed by atoms with Crippen molar-refractivity contribution in [3.05, 3.63) is 0 Å². The quantitative estimate of drug-likeness (QED) is 0.813. The Morgan fingerprint density at radius 2 is 1.81 bits per heavy atom. The first-order chi connectivity index (χ1) is 9.25. The van der Waals surface area contributed by atoms with Gasteiger partial charge in [0.25, 0.3) is 0 Å². The molecule has 5 heteroatoms. The molecule has 1 spiro atoms. The monoisotopic (exact) mass is 336 g/mol. The summed E-state index contributed by atoms with van der Waals surface area (Å²) >= 11 is 0. The van der Waals surface area contributed by atoms with Crippen LogP contribution in [0.4, 0.5) is 0 Å². The first kappa shape index (κ1) is 17.8. The molecule has 0 amide bonds. The number of nitrogens with one attached hydrogen (secondary N) is 1. The highest BCUT2D eigenvalue weighted by Crippen LogP contribution is 2.55. The maximum atomic E-state index is 9.79. The number of nitrogens with zero attached hydrogens (tertiary/aromatic N) is 1. The van der Waals surface area contributed by atoms with Crippen LogP contribution in [0.3, 0.4) is 0 Å². The number of likely N-dealkylation sites (tertiary alicyclic amines) is 1. The Labute approximate surface area is 141 Å². The van der Waals surface area contributed by atoms with Crippen molar-refractivity contribution in [3.8, 4) is 0 Å². The molecule has 4 aliphatic rings. The summed E-state index contributed by atoms with van der Waals surface area (Å²) in [5.41, 5.74) is 0.931. The molecule has 2 saturated heterocycles. The molecule has 2 saturated carbocycles. The fraction of sp³-hybridized carbons (Fsp3) is 1.00. The van der Waals surface area contributed by atoms with Crippen molar-refractivity contribution >= 4 is 24.8 Å². The first-order valence-electron chi connectivity index (χ1n) is 8.31. The molecule has 2 aliphatic heterocycles. The lowest BCUT2D eigenvalue weighted by molar-refractivity contribution is -0.0226. The Balaban J connectivity index is 0.000000807. The van der Waals surface area contributed by atoms with Gasteiger partial charge in [-0.1, -0.05) is 19.3 Å². The predicted octanol–water partition coefficient (Wildman–Crippen LogP) is 2.46. The SMILES string of the molecule is Cl.Cl.OCC12CNCC1CN(C1CC3(CCCCC3)C1)C2. The van der Waals surface area contributed by atoms with E-state index >= 15 is 0 Å². The molecule has 0 bridgehead atoms. The van der Waals surface area contributed by atoms with Gasteiger partial charge >= 0.3 is 0 Å². The molecule has 4 fully saturated rings. The fourth-order valence-corrected chi connectivity index (χ4v) is 5.47. The summed E-state index contributed by atoms with van der Waals surface area (Å²) in [6.45, 7) is 4.90. The van der Waals surface area contributed by atoms with E-state index < -0.39 is 0 Å². The lowest BCUT2D eigenvalue weighted by atomic mass is 9.58. The Kier molecular flexibility index (Phi) is 5.53. The molecule has 2 heterocycles. The lowest BCUT2D eigenvalue weighted by Crippen LogP contribution is -2.52. The summed E-state index contributed by atoms with van der Waals surface area (Å²) in [7, 11) is 0. The van der Waals surface area contributed by atoms with Gasteiger partial charge in [-0.05, 0) is 43.6 Å². The minimum absolute atomic E-state index is 0. The molecule has 2 N–H and O–H groups in total. The normalized spacial score (nSPS) is 38.4. The molecule has 21 heavy (non-hydrogen) atoms. The van der Waals surface area contributed by atoms with Crippen molar-refractivity contribution in [2.24, 2.45) is 16.7 Å². The van der Waals surface area contributed by atoms with E-state index in [1.807, 2.05) is 0 Å². The largest absolute Gasteiger partial charge is 0.396 e. The molecule has 2 unspecified atom stereocenters. The van der Waals surface area contributed by atoms with Crippen molar-refractivity contribution in [3.63, 3.8) is 0 Å². The van der Waals surface area contributed by atoms with Crippen LogP contribution in [0.1, 0.15) is 44.9 Å².